The van der Waals surface area contributed by atoms with Crippen LogP contribution < -0.4 is 10.1 Å². The van der Waals surface area contributed by atoms with E-state index in [1.165, 1.54) is 0 Å². The highest BCUT2D eigenvalue weighted by Crippen LogP contribution is 2.32. The van der Waals surface area contributed by atoms with Crippen molar-refractivity contribution in [1.29, 1.82) is 0 Å². The molecule has 0 unspecified atom stereocenters. The first kappa shape index (κ1) is 19.0. The van der Waals surface area contributed by atoms with Crippen LogP contribution in [0.2, 0.25) is 5.02 Å². The number of carbonyl (C=O) groups excluding carboxylic acids is 2. The molecule has 2 fully saturated rings. The minimum atomic E-state index is -0.283. The van der Waals surface area contributed by atoms with Gasteiger partial charge in [0.2, 0.25) is 11.8 Å². The summed E-state index contributed by atoms with van der Waals surface area (Å²) < 4.78 is 5.32. The van der Waals surface area contributed by atoms with Gasteiger partial charge in [-0.25, -0.2) is 0 Å². The highest BCUT2D eigenvalue weighted by molar-refractivity contribution is 6.31. The molecule has 1 N–H and O–H groups in total. The third-order valence-electron chi connectivity index (χ3n) is 5.22. The number of rotatable bonds is 5. The Morgan fingerprint density at radius 2 is 1.88 bits per heavy atom. The normalized spacial score (nSPS) is 19.2. The highest BCUT2D eigenvalue weighted by atomic mass is 35.5. The molecule has 1 saturated carbocycles. The molecule has 2 amide bonds. The van der Waals surface area contributed by atoms with E-state index in [9.17, 15) is 9.59 Å². The predicted octanol–water partition coefficient (Wildman–Crippen LogP) is 2.54. The molecule has 0 spiro atoms. The Morgan fingerprint density at radius 1 is 1.23 bits per heavy atom. The van der Waals surface area contributed by atoms with Gasteiger partial charge >= 0.3 is 0 Å². The number of aryl methyl sites for hydroxylation is 1. The SMILES string of the molecule is COc1cc(Cl)c(C)cc1NC(=O)[C@@H](C)N1CCN(C(=O)C2CC2)CC1. The van der Waals surface area contributed by atoms with Gasteiger partial charge in [0, 0.05) is 43.2 Å². The summed E-state index contributed by atoms with van der Waals surface area (Å²) in [5.74, 6) is 0.985. The molecule has 0 bridgehead atoms. The van der Waals surface area contributed by atoms with E-state index in [1.807, 2.05) is 24.8 Å². The number of piperazine rings is 1. The van der Waals surface area contributed by atoms with Crippen LogP contribution in [0, 0.1) is 12.8 Å². The van der Waals surface area contributed by atoms with Crippen LogP contribution in [0.15, 0.2) is 12.1 Å². The number of amides is 2. The van der Waals surface area contributed by atoms with Crippen LogP contribution in [0.3, 0.4) is 0 Å². The molecule has 0 aromatic heterocycles. The Hall–Kier alpha value is -1.79. The van der Waals surface area contributed by atoms with E-state index < -0.39 is 0 Å². The second-order valence-corrected chi connectivity index (χ2v) is 7.51. The number of methoxy groups -OCH3 is 1. The number of carbonyl (C=O) groups is 2. The molecule has 1 aromatic carbocycles. The van der Waals surface area contributed by atoms with Crippen LogP contribution in [0.25, 0.3) is 0 Å². The average Bonchev–Trinajstić information content (AvgIpc) is 3.48. The van der Waals surface area contributed by atoms with Crippen LogP contribution in [-0.4, -0.2) is 60.9 Å². The van der Waals surface area contributed by atoms with Gasteiger partial charge in [0.1, 0.15) is 5.75 Å². The van der Waals surface area contributed by atoms with E-state index in [0.717, 1.165) is 18.4 Å². The number of hydrogen-bond donors (Lipinski definition) is 1. The molecule has 0 radical (unpaired) electrons. The minimum Gasteiger partial charge on any atom is -0.495 e. The van der Waals surface area contributed by atoms with Gasteiger partial charge in [0.05, 0.1) is 18.8 Å². The van der Waals surface area contributed by atoms with Crippen molar-refractivity contribution < 1.29 is 14.3 Å². The van der Waals surface area contributed by atoms with E-state index in [0.29, 0.717) is 42.6 Å². The number of hydrogen-bond acceptors (Lipinski definition) is 4. The van der Waals surface area contributed by atoms with Gasteiger partial charge in [-0.2, -0.15) is 0 Å². The molecule has 1 aliphatic heterocycles. The first-order chi connectivity index (χ1) is 12.4. The van der Waals surface area contributed by atoms with Crippen molar-refractivity contribution in [2.45, 2.75) is 32.7 Å². The van der Waals surface area contributed by atoms with Crippen molar-refractivity contribution in [3.05, 3.63) is 22.7 Å². The maximum absolute atomic E-state index is 12.7. The fourth-order valence-corrected chi connectivity index (χ4v) is 3.40. The van der Waals surface area contributed by atoms with Crippen molar-refractivity contribution in [2.75, 3.05) is 38.6 Å². The average molecular weight is 380 g/mol. The van der Waals surface area contributed by atoms with Gasteiger partial charge < -0.3 is 15.0 Å². The molecular weight excluding hydrogens is 354 g/mol. The largest absolute Gasteiger partial charge is 0.495 e. The van der Waals surface area contributed by atoms with E-state index >= 15 is 0 Å². The van der Waals surface area contributed by atoms with Gasteiger partial charge in [0.15, 0.2) is 0 Å². The van der Waals surface area contributed by atoms with Crippen LogP contribution in [0.5, 0.6) is 5.75 Å². The smallest absolute Gasteiger partial charge is 0.241 e. The minimum absolute atomic E-state index is 0.0907. The number of nitrogens with zero attached hydrogens (tertiary/aromatic N) is 2. The molecule has 1 aliphatic carbocycles. The monoisotopic (exact) mass is 379 g/mol. The number of nitrogens with one attached hydrogen (secondary N) is 1. The summed E-state index contributed by atoms with van der Waals surface area (Å²) in [4.78, 5) is 28.9. The summed E-state index contributed by atoms with van der Waals surface area (Å²) in [5.41, 5.74) is 1.50. The van der Waals surface area contributed by atoms with E-state index in [4.69, 9.17) is 16.3 Å². The lowest BCUT2D eigenvalue weighted by atomic mass is 10.1. The molecule has 1 atom stereocenters. The highest BCUT2D eigenvalue weighted by Gasteiger charge is 2.35. The molecule has 1 saturated heterocycles. The third kappa shape index (κ3) is 4.13. The van der Waals surface area contributed by atoms with Crippen molar-refractivity contribution >= 4 is 29.1 Å². The summed E-state index contributed by atoms with van der Waals surface area (Å²) in [6.45, 7) is 6.58. The zero-order valence-electron chi connectivity index (χ0n) is 15.5. The maximum atomic E-state index is 12.7. The Kier molecular flexibility index (Phi) is 5.73. The summed E-state index contributed by atoms with van der Waals surface area (Å²) in [6.07, 6.45) is 2.06. The third-order valence-corrected chi connectivity index (χ3v) is 5.63. The van der Waals surface area contributed by atoms with E-state index in [2.05, 4.69) is 10.2 Å². The second kappa shape index (κ2) is 7.84. The van der Waals surface area contributed by atoms with E-state index in [1.54, 1.807) is 13.2 Å². The van der Waals surface area contributed by atoms with E-state index in [-0.39, 0.29) is 23.8 Å². The Morgan fingerprint density at radius 3 is 2.46 bits per heavy atom. The lowest BCUT2D eigenvalue weighted by Crippen LogP contribution is -2.54. The zero-order valence-corrected chi connectivity index (χ0v) is 16.3. The standard InChI is InChI=1S/C19H26ClN3O3/c1-12-10-16(17(26-3)11-15(12)20)21-18(24)13(2)22-6-8-23(9-7-22)19(25)14-4-5-14/h10-11,13-14H,4-9H2,1-3H3,(H,21,24)/t13-/m1/s1. The van der Waals surface area contributed by atoms with Crippen LogP contribution >= 0.6 is 11.6 Å². The molecule has 3 rings (SSSR count). The van der Waals surface area contributed by atoms with Crippen LogP contribution in [0.1, 0.15) is 25.3 Å². The Balaban J connectivity index is 1.58. The molecule has 6 nitrogen and oxygen atoms in total. The summed E-state index contributed by atoms with van der Waals surface area (Å²) in [6, 6.07) is 3.24. The summed E-state index contributed by atoms with van der Waals surface area (Å²) in [7, 11) is 1.55. The molecule has 1 aromatic rings. The van der Waals surface area contributed by atoms with Crippen molar-refractivity contribution in [3.8, 4) is 5.75 Å². The molecule has 142 valence electrons. The Labute approximate surface area is 159 Å². The Bertz CT molecular complexity index is 698. The number of ether oxygens (including phenoxy) is 1. The van der Waals surface area contributed by atoms with Gasteiger partial charge in [-0.15, -0.1) is 0 Å². The predicted molar refractivity (Wildman–Crippen MR) is 102 cm³/mol. The fraction of sp³-hybridized carbons (Fsp3) is 0.579. The zero-order chi connectivity index (χ0) is 18.8. The summed E-state index contributed by atoms with van der Waals surface area (Å²) >= 11 is 6.12. The lowest BCUT2D eigenvalue weighted by molar-refractivity contribution is -0.135. The summed E-state index contributed by atoms with van der Waals surface area (Å²) in [5, 5.41) is 3.55. The topological polar surface area (TPSA) is 61.9 Å². The van der Waals surface area contributed by atoms with Gasteiger partial charge in [-0.05, 0) is 38.3 Å². The second-order valence-electron chi connectivity index (χ2n) is 7.10. The number of anilines is 1. The maximum Gasteiger partial charge on any atom is 0.241 e. The number of benzene rings is 1. The molecule has 7 heteroatoms. The molecule has 2 aliphatic rings. The lowest BCUT2D eigenvalue weighted by Gasteiger charge is -2.37. The quantitative estimate of drug-likeness (QED) is 0.854. The fourth-order valence-electron chi connectivity index (χ4n) is 3.25. The van der Waals surface area contributed by atoms with Crippen molar-refractivity contribution in [3.63, 3.8) is 0 Å². The van der Waals surface area contributed by atoms with Crippen molar-refractivity contribution in [1.82, 2.24) is 9.80 Å². The molecule has 26 heavy (non-hydrogen) atoms. The van der Waals surface area contributed by atoms with Crippen molar-refractivity contribution in [2.24, 2.45) is 5.92 Å². The van der Waals surface area contributed by atoms with Gasteiger partial charge in [-0.1, -0.05) is 11.6 Å². The molecule has 1 heterocycles. The van der Waals surface area contributed by atoms with Gasteiger partial charge in [0.25, 0.3) is 0 Å². The first-order valence-corrected chi connectivity index (χ1v) is 9.46. The number of halogens is 1. The first-order valence-electron chi connectivity index (χ1n) is 9.08. The molecular formula is C19H26ClN3O3. The van der Waals surface area contributed by atoms with Gasteiger partial charge in [-0.3, -0.25) is 14.5 Å². The van der Waals surface area contributed by atoms with Crippen LogP contribution in [-0.2, 0) is 9.59 Å². The van der Waals surface area contributed by atoms with Crippen LogP contribution in [0.4, 0.5) is 5.69 Å².